The van der Waals surface area contributed by atoms with Crippen LogP contribution in [0.1, 0.15) is 88.1 Å². The molecule has 0 radical (unpaired) electrons. The second-order valence-corrected chi connectivity index (χ2v) is 17.6. The maximum absolute atomic E-state index is 13.6. The predicted molar refractivity (Wildman–Crippen MR) is 245 cm³/mol. The second kappa shape index (κ2) is 18.8. The van der Waals surface area contributed by atoms with Crippen LogP contribution in [0.3, 0.4) is 0 Å². The molecule has 4 aromatic carbocycles. The Bertz CT molecular complexity index is 2620. The van der Waals surface area contributed by atoms with Crippen LogP contribution >= 0.6 is 0 Å². The van der Waals surface area contributed by atoms with Crippen molar-refractivity contribution < 1.29 is 28.7 Å². The number of hydrogen-bond donors (Lipinski definition) is 5. The third-order valence-electron chi connectivity index (χ3n) is 12.8. The maximum Gasteiger partial charge on any atom is 0.407 e. The molecule has 2 aliphatic rings. The Labute approximate surface area is 372 Å². The molecule has 14 nitrogen and oxygen atoms in total. The Morgan fingerprint density at radius 2 is 1.39 bits per heavy atom. The lowest BCUT2D eigenvalue weighted by atomic mass is 9.92. The van der Waals surface area contributed by atoms with Crippen molar-refractivity contribution in [2.24, 2.45) is 11.3 Å². The normalized spacial score (nSPS) is 16.8. The number of likely N-dealkylation sites (tertiary alicyclic amines) is 1. The Hall–Kier alpha value is -6.96. The number of fused-ring (bicyclic) bond motifs is 1. The van der Waals surface area contributed by atoms with E-state index >= 15 is 0 Å². The summed E-state index contributed by atoms with van der Waals surface area (Å²) in [6.07, 6.45) is 6.96. The fraction of sp³-hybridized carbons (Fsp3) is 0.360. The van der Waals surface area contributed by atoms with Gasteiger partial charge in [-0.2, -0.15) is 0 Å². The quantitative estimate of drug-likeness (QED) is 0.0679. The van der Waals surface area contributed by atoms with Gasteiger partial charge in [-0.1, -0.05) is 99.6 Å². The number of carbonyl (C=O) groups is 4. The maximum atomic E-state index is 13.6. The number of carbonyl (C=O) groups excluding carboxylic acids is 4. The summed E-state index contributed by atoms with van der Waals surface area (Å²) in [6, 6.07) is 28.7. The van der Waals surface area contributed by atoms with E-state index in [-0.39, 0.29) is 35.1 Å². The number of nitrogens with zero attached hydrogens (tertiary/aromatic N) is 3. The summed E-state index contributed by atoms with van der Waals surface area (Å²) >= 11 is 0. The molecule has 1 saturated carbocycles. The number of amides is 4. The zero-order chi connectivity index (χ0) is 45.0. The molecule has 6 aromatic rings. The van der Waals surface area contributed by atoms with Gasteiger partial charge in [0.05, 0.1) is 44.0 Å². The van der Waals surface area contributed by atoms with Crippen molar-refractivity contribution in [2.75, 3.05) is 27.3 Å². The molecule has 4 atom stereocenters. The number of hydrogen-bond acceptors (Lipinski definition) is 8. The number of aromatic nitrogens is 4. The number of ether oxygens (including phenoxy) is 2. The minimum atomic E-state index is -0.848. The minimum Gasteiger partial charge on any atom is -0.453 e. The summed E-state index contributed by atoms with van der Waals surface area (Å²) in [5.41, 5.74) is 6.74. The fourth-order valence-corrected chi connectivity index (χ4v) is 8.89. The molecule has 5 N–H and O–H groups in total. The molecule has 8 rings (SSSR count). The van der Waals surface area contributed by atoms with E-state index < -0.39 is 24.3 Å². The second-order valence-electron chi connectivity index (χ2n) is 17.6. The Kier molecular flexibility index (Phi) is 12.8. The zero-order valence-electron chi connectivity index (χ0n) is 36.9. The standard InChI is InChI=1S/C50H56N8O6/c1-30(2)42(56-48(61)63-4)47(60)58-23-9-12-41(58)45-52-28-40(55-45)38-20-19-36-24-35(17-18-37(36)25-38)32-13-15-33(16-14-32)39-27-51-44(54-39)31(3)26-50(21-22-50)29-53-46(59)43(57-49(62)64-5)34-10-7-6-8-11-34/h6-8,10-11,13-20,24-25,27-28,30-31,41-43H,9,12,21-23,26,29H2,1-5H3,(H,51,54)(H,52,55)(H,53,59)(H,56,61)(H,57,62)/t31-,41?,42-,43+/m0/s1. The van der Waals surface area contributed by atoms with Crippen molar-refractivity contribution in [3.8, 4) is 33.6 Å². The molecule has 14 heteroatoms. The molecule has 1 unspecified atom stereocenters. The van der Waals surface area contributed by atoms with Crippen molar-refractivity contribution in [3.63, 3.8) is 0 Å². The third kappa shape index (κ3) is 9.65. The lowest BCUT2D eigenvalue weighted by molar-refractivity contribution is -0.135. The van der Waals surface area contributed by atoms with Gasteiger partial charge in [0.15, 0.2) is 0 Å². The van der Waals surface area contributed by atoms with Gasteiger partial charge in [0.25, 0.3) is 0 Å². The fourth-order valence-electron chi connectivity index (χ4n) is 8.89. The van der Waals surface area contributed by atoms with Crippen LogP contribution in [-0.4, -0.2) is 82.2 Å². The van der Waals surface area contributed by atoms with Crippen LogP contribution in [-0.2, 0) is 19.1 Å². The van der Waals surface area contributed by atoms with Gasteiger partial charge in [-0.25, -0.2) is 19.6 Å². The van der Waals surface area contributed by atoms with Crippen LogP contribution in [0, 0.1) is 11.3 Å². The number of nitrogens with one attached hydrogen (secondary N) is 5. The molecule has 2 aromatic heterocycles. The van der Waals surface area contributed by atoms with E-state index in [4.69, 9.17) is 19.4 Å². The summed E-state index contributed by atoms with van der Waals surface area (Å²) < 4.78 is 9.55. The number of alkyl carbamates (subject to hydrolysis) is 2. The van der Waals surface area contributed by atoms with E-state index in [1.165, 1.54) is 14.2 Å². The Balaban J connectivity index is 0.883. The van der Waals surface area contributed by atoms with Gasteiger partial charge in [0, 0.05) is 24.6 Å². The Morgan fingerprint density at radius 1 is 0.766 bits per heavy atom. The molecule has 1 aliphatic heterocycles. The van der Waals surface area contributed by atoms with E-state index in [1.54, 1.807) is 0 Å². The molecule has 2 fully saturated rings. The number of rotatable bonds is 15. The molecular formula is C50H56N8O6. The highest BCUT2D eigenvalue weighted by atomic mass is 16.5. The van der Waals surface area contributed by atoms with Crippen molar-refractivity contribution in [1.82, 2.24) is 40.8 Å². The average molecular weight is 865 g/mol. The van der Waals surface area contributed by atoms with Gasteiger partial charge in [-0.15, -0.1) is 0 Å². The predicted octanol–water partition coefficient (Wildman–Crippen LogP) is 8.82. The van der Waals surface area contributed by atoms with E-state index in [9.17, 15) is 19.2 Å². The first-order valence-electron chi connectivity index (χ1n) is 22.0. The molecule has 64 heavy (non-hydrogen) atoms. The highest BCUT2D eigenvalue weighted by Crippen LogP contribution is 2.51. The van der Waals surface area contributed by atoms with Crippen molar-refractivity contribution in [2.45, 2.75) is 76.9 Å². The molecule has 3 heterocycles. The van der Waals surface area contributed by atoms with Crippen LogP contribution in [0.25, 0.3) is 44.4 Å². The monoisotopic (exact) mass is 864 g/mol. The highest BCUT2D eigenvalue weighted by Gasteiger charge is 2.44. The molecular weight excluding hydrogens is 809 g/mol. The lowest BCUT2D eigenvalue weighted by Gasteiger charge is -2.30. The zero-order valence-corrected chi connectivity index (χ0v) is 36.9. The molecule has 0 spiro atoms. The summed E-state index contributed by atoms with van der Waals surface area (Å²) in [5.74, 6) is 1.28. The van der Waals surface area contributed by atoms with Gasteiger partial charge >= 0.3 is 12.2 Å². The smallest absolute Gasteiger partial charge is 0.407 e. The van der Waals surface area contributed by atoms with E-state index in [1.807, 2.05) is 61.5 Å². The number of benzene rings is 4. The molecule has 0 bridgehead atoms. The van der Waals surface area contributed by atoms with Gasteiger partial charge < -0.3 is 40.3 Å². The van der Waals surface area contributed by atoms with E-state index in [0.717, 1.165) is 88.2 Å². The van der Waals surface area contributed by atoms with Gasteiger partial charge in [0.1, 0.15) is 23.7 Å². The molecule has 332 valence electrons. The average Bonchev–Trinajstić information content (AvgIpc) is 3.73. The molecule has 4 amide bonds. The van der Waals surface area contributed by atoms with E-state index in [2.05, 4.69) is 93.5 Å². The van der Waals surface area contributed by atoms with Crippen molar-refractivity contribution >= 4 is 34.8 Å². The first-order valence-corrected chi connectivity index (χ1v) is 22.0. The summed E-state index contributed by atoms with van der Waals surface area (Å²) in [4.78, 5) is 69.3. The number of methoxy groups -OCH3 is 2. The van der Waals surface area contributed by atoms with E-state index in [0.29, 0.717) is 18.7 Å². The SMILES string of the molecule is COC(=O)N[C@H](C(=O)N1CCCC1c1ncc(-c2ccc3cc(-c4ccc(-c5cnc([C@@H](C)CC6(CNC(=O)[C@H](NC(=O)OC)c7ccccc7)CC6)[nH]5)cc4)ccc3c2)[nH]1)C(C)C. The largest absolute Gasteiger partial charge is 0.453 e. The molecule has 1 saturated heterocycles. The lowest BCUT2D eigenvalue weighted by Crippen LogP contribution is -2.51. The summed E-state index contributed by atoms with van der Waals surface area (Å²) in [6.45, 7) is 7.09. The summed E-state index contributed by atoms with van der Waals surface area (Å²) in [7, 11) is 2.58. The van der Waals surface area contributed by atoms with Crippen LogP contribution in [0.2, 0.25) is 0 Å². The van der Waals surface area contributed by atoms with Crippen molar-refractivity contribution in [3.05, 3.63) is 121 Å². The van der Waals surface area contributed by atoms with Gasteiger partial charge in [-0.3, -0.25) is 9.59 Å². The van der Waals surface area contributed by atoms with Crippen molar-refractivity contribution in [1.29, 1.82) is 0 Å². The van der Waals surface area contributed by atoms with Gasteiger partial charge in [0.2, 0.25) is 11.8 Å². The Morgan fingerprint density at radius 3 is 2.08 bits per heavy atom. The van der Waals surface area contributed by atoms with Crippen LogP contribution in [0.4, 0.5) is 9.59 Å². The number of aromatic amines is 2. The minimum absolute atomic E-state index is 0.0221. The van der Waals surface area contributed by atoms with Gasteiger partial charge in [-0.05, 0) is 88.6 Å². The first kappa shape index (κ1) is 43.7. The van der Waals surface area contributed by atoms with Crippen LogP contribution in [0.15, 0.2) is 103 Å². The molecule has 1 aliphatic carbocycles. The third-order valence-corrected chi connectivity index (χ3v) is 12.8. The van der Waals surface area contributed by atoms with Crippen LogP contribution in [0.5, 0.6) is 0 Å². The topological polar surface area (TPSA) is 183 Å². The number of H-pyrrole nitrogens is 2. The summed E-state index contributed by atoms with van der Waals surface area (Å²) in [5, 5.41) is 10.7. The van der Waals surface area contributed by atoms with Crippen LogP contribution < -0.4 is 16.0 Å². The first-order chi connectivity index (χ1) is 30.9. The number of imidazole rings is 2. The highest BCUT2D eigenvalue weighted by molar-refractivity contribution is 5.91.